The van der Waals surface area contributed by atoms with Crippen molar-refractivity contribution in [3.8, 4) is 5.88 Å². The number of carbonyl (C=O) groups is 3. The molecular weight excluding hydrogens is 634 g/mol. The maximum absolute atomic E-state index is 15.9. The summed E-state index contributed by atoms with van der Waals surface area (Å²) in [5.41, 5.74) is -0.168. The van der Waals surface area contributed by atoms with E-state index in [1.54, 1.807) is 0 Å². The SMILES string of the molecule is O=C1COc2ncc(N3CC4(CCN(CC5Cc6c(c(F)c7c(nnn7CCNC(=O)[C@H]7C[C@H](O)CN7)c6F)C5)CC4)OC3=O)nc2N1. The van der Waals surface area contributed by atoms with Crippen molar-refractivity contribution in [3.05, 3.63) is 29.0 Å². The van der Waals surface area contributed by atoms with Gasteiger partial charge in [0.2, 0.25) is 5.91 Å². The molecule has 4 N–H and O–H groups in total. The van der Waals surface area contributed by atoms with Crippen LogP contribution >= 0.6 is 0 Å². The van der Waals surface area contributed by atoms with E-state index in [4.69, 9.17) is 9.47 Å². The van der Waals surface area contributed by atoms with Crippen LogP contribution in [0.1, 0.15) is 30.4 Å². The first-order valence-electron chi connectivity index (χ1n) is 16.1. The van der Waals surface area contributed by atoms with Gasteiger partial charge in [-0.3, -0.25) is 14.5 Å². The Morgan fingerprint density at radius 2 is 1.96 bits per heavy atom. The predicted molar refractivity (Wildman–Crippen MR) is 162 cm³/mol. The quantitative estimate of drug-likeness (QED) is 0.262. The molecule has 3 aromatic rings. The number of carbonyl (C=O) groups excluding carboxylic acids is 3. The van der Waals surface area contributed by atoms with Crippen LogP contribution in [0.15, 0.2) is 6.20 Å². The topological polar surface area (TPSA) is 189 Å². The van der Waals surface area contributed by atoms with E-state index in [1.165, 1.54) is 15.8 Å². The number of nitrogens with zero attached hydrogens (tertiary/aromatic N) is 7. The molecule has 254 valence electrons. The third-order valence-electron chi connectivity index (χ3n) is 9.93. The average molecular weight is 669 g/mol. The summed E-state index contributed by atoms with van der Waals surface area (Å²) in [6, 6.07) is -0.493. The highest BCUT2D eigenvalue weighted by molar-refractivity contribution is 5.95. The molecular formula is C30H34F2N10O6. The summed E-state index contributed by atoms with van der Waals surface area (Å²) >= 11 is 0. The lowest BCUT2D eigenvalue weighted by atomic mass is 9.90. The number of benzene rings is 1. The van der Waals surface area contributed by atoms with Gasteiger partial charge in [0.1, 0.15) is 11.1 Å². The van der Waals surface area contributed by atoms with Crippen LogP contribution in [0.5, 0.6) is 5.88 Å². The Morgan fingerprint density at radius 1 is 1.17 bits per heavy atom. The lowest BCUT2D eigenvalue weighted by Gasteiger charge is -2.38. The summed E-state index contributed by atoms with van der Waals surface area (Å²) in [4.78, 5) is 49.1. The fourth-order valence-corrected chi connectivity index (χ4v) is 7.47. The molecule has 5 aliphatic rings. The van der Waals surface area contributed by atoms with Gasteiger partial charge < -0.3 is 35.4 Å². The fourth-order valence-electron chi connectivity index (χ4n) is 7.47. The van der Waals surface area contributed by atoms with Gasteiger partial charge in [0, 0.05) is 45.6 Å². The van der Waals surface area contributed by atoms with Gasteiger partial charge in [-0.1, -0.05) is 5.21 Å². The summed E-state index contributed by atoms with van der Waals surface area (Å²) in [5.74, 6) is -1.13. The van der Waals surface area contributed by atoms with Crippen LogP contribution in [0.25, 0.3) is 11.0 Å². The highest BCUT2D eigenvalue weighted by atomic mass is 19.1. The number of anilines is 2. The largest absolute Gasteiger partial charge is 0.465 e. The second kappa shape index (κ2) is 11.9. The second-order valence-corrected chi connectivity index (χ2v) is 13.2. The molecule has 0 radical (unpaired) electrons. The van der Waals surface area contributed by atoms with Crippen LogP contribution in [0, 0.1) is 17.6 Å². The molecule has 6 heterocycles. The van der Waals surface area contributed by atoms with Crippen LogP contribution in [0.4, 0.5) is 25.2 Å². The van der Waals surface area contributed by atoms with E-state index in [9.17, 15) is 19.5 Å². The molecule has 3 fully saturated rings. The van der Waals surface area contributed by atoms with E-state index in [0.717, 1.165) is 0 Å². The molecule has 1 aliphatic carbocycles. The van der Waals surface area contributed by atoms with Gasteiger partial charge >= 0.3 is 6.09 Å². The summed E-state index contributed by atoms with van der Waals surface area (Å²) in [5, 5.41) is 25.8. The minimum absolute atomic E-state index is 0.00894. The third kappa shape index (κ3) is 5.46. The summed E-state index contributed by atoms with van der Waals surface area (Å²) < 4.78 is 43.9. The predicted octanol–water partition coefficient (Wildman–Crippen LogP) is -0.124. The zero-order valence-corrected chi connectivity index (χ0v) is 25.9. The Balaban J connectivity index is 0.880. The highest BCUT2D eigenvalue weighted by Gasteiger charge is 2.48. The van der Waals surface area contributed by atoms with Gasteiger partial charge in [0.15, 0.2) is 35.4 Å². The van der Waals surface area contributed by atoms with Gasteiger partial charge in [-0.05, 0) is 36.3 Å². The van der Waals surface area contributed by atoms with Crippen LogP contribution in [-0.2, 0) is 33.7 Å². The lowest BCUT2D eigenvalue weighted by molar-refractivity contribution is -0.123. The Morgan fingerprint density at radius 3 is 2.73 bits per heavy atom. The van der Waals surface area contributed by atoms with E-state index >= 15 is 8.78 Å². The zero-order chi connectivity index (χ0) is 33.2. The first-order chi connectivity index (χ1) is 23.2. The van der Waals surface area contributed by atoms with E-state index < -0.39 is 35.5 Å². The van der Waals surface area contributed by atoms with Crippen LogP contribution in [-0.4, -0.2) is 116 Å². The Bertz CT molecular complexity index is 1810. The van der Waals surface area contributed by atoms with E-state index in [1.807, 2.05) is 0 Å². The fraction of sp³-hybridized carbons (Fsp3) is 0.567. The van der Waals surface area contributed by atoms with Crippen LogP contribution in [0.2, 0.25) is 0 Å². The number of fused-ring (bicyclic) bond motifs is 3. The van der Waals surface area contributed by atoms with Crippen LogP contribution in [0.3, 0.4) is 0 Å². The van der Waals surface area contributed by atoms with Gasteiger partial charge in [0.25, 0.3) is 11.8 Å². The number of halogens is 2. The number of aromatic nitrogens is 5. The minimum atomic E-state index is -0.703. The molecule has 1 unspecified atom stereocenters. The first-order valence-corrected chi connectivity index (χ1v) is 16.1. The molecule has 3 amide bonds. The molecule has 16 nitrogen and oxygen atoms in total. The molecule has 1 aromatic carbocycles. The Hall–Kier alpha value is -4.55. The van der Waals surface area contributed by atoms with Gasteiger partial charge in [-0.2, -0.15) is 0 Å². The zero-order valence-electron chi connectivity index (χ0n) is 25.9. The van der Waals surface area contributed by atoms with Crippen molar-refractivity contribution in [1.82, 2.24) is 40.5 Å². The molecule has 1 spiro atoms. The summed E-state index contributed by atoms with van der Waals surface area (Å²) in [6.45, 7) is 2.64. The van der Waals surface area contributed by atoms with Crippen molar-refractivity contribution in [1.29, 1.82) is 0 Å². The number of ether oxygens (including phenoxy) is 2. The molecule has 0 saturated carbocycles. The van der Waals surface area contributed by atoms with Crippen molar-refractivity contribution in [3.63, 3.8) is 0 Å². The molecule has 3 saturated heterocycles. The molecule has 0 bridgehead atoms. The highest BCUT2D eigenvalue weighted by Crippen LogP contribution is 2.39. The standard InChI is InChI=1S/C30H34F2N10O6/c31-22-17-7-15(8-18(17)23(32)25-24(22)38-39-42(25)6-3-33-27(45)19-9-16(43)10-34-19)12-40-4-1-30(2-5-40)14-41(29(46)48-30)20-11-35-28-26(36-20)37-21(44)13-47-28/h11,15-16,19,34,43H,1-10,12-14H2,(H,33,45)(H,36,37,44)/t15?,16-,19+/m0/s1. The second-order valence-electron chi connectivity index (χ2n) is 13.2. The number of hydrogen-bond donors (Lipinski definition) is 4. The maximum Gasteiger partial charge on any atom is 0.416 e. The Labute approximate surface area is 272 Å². The number of amides is 3. The monoisotopic (exact) mass is 668 g/mol. The minimum Gasteiger partial charge on any atom is -0.465 e. The molecule has 8 rings (SSSR count). The van der Waals surface area contributed by atoms with E-state index in [-0.39, 0.29) is 72.5 Å². The lowest BCUT2D eigenvalue weighted by Crippen LogP contribution is -2.48. The number of likely N-dealkylation sites (tertiary alicyclic amines) is 1. The molecule has 18 heteroatoms. The smallest absolute Gasteiger partial charge is 0.416 e. The number of nitrogens with one attached hydrogen (secondary N) is 3. The third-order valence-corrected chi connectivity index (χ3v) is 9.93. The van der Waals surface area contributed by atoms with Crippen molar-refractivity contribution >= 4 is 40.6 Å². The van der Waals surface area contributed by atoms with Crippen LogP contribution < -0.4 is 25.6 Å². The van der Waals surface area contributed by atoms with E-state index in [0.29, 0.717) is 69.4 Å². The normalized spacial score (nSPS) is 24.8. The van der Waals surface area contributed by atoms with Crippen molar-refractivity contribution in [2.75, 3.05) is 56.1 Å². The molecule has 4 aliphatic heterocycles. The van der Waals surface area contributed by atoms with Crippen molar-refractivity contribution < 1.29 is 37.7 Å². The maximum atomic E-state index is 15.9. The van der Waals surface area contributed by atoms with Gasteiger partial charge in [-0.15, -0.1) is 5.10 Å². The Kier molecular flexibility index (Phi) is 7.59. The van der Waals surface area contributed by atoms with Crippen molar-refractivity contribution in [2.45, 2.75) is 56.4 Å². The number of aliphatic hydroxyl groups excluding tert-OH is 1. The average Bonchev–Trinajstić information content (AvgIpc) is 3.87. The van der Waals surface area contributed by atoms with Gasteiger partial charge in [0.05, 0.1) is 31.4 Å². The number of piperidine rings is 1. The van der Waals surface area contributed by atoms with Gasteiger partial charge in [-0.25, -0.2) is 28.2 Å². The number of aliphatic hydroxyl groups is 1. The molecule has 48 heavy (non-hydrogen) atoms. The summed E-state index contributed by atoms with van der Waals surface area (Å²) in [6.07, 6.45) is 2.52. The number of hydrogen-bond acceptors (Lipinski definition) is 12. The molecule has 3 atom stereocenters. The van der Waals surface area contributed by atoms with E-state index in [2.05, 4.69) is 41.1 Å². The summed E-state index contributed by atoms with van der Waals surface area (Å²) in [7, 11) is 0. The number of rotatable bonds is 7. The number of β-amino-alcohol motifs (C(OH)–C–C–N with tert-alkyl or cyclic N) is 1. The molecule has 2 aromatic heterocycles. The van der Waals surface area contributed by atoms with Crippen molar-refractivity contribution in [2.24, 2.45) is 5.92 Å². The first kappa shape index (κ1) is 30.8.